The van der Waals surface area contributed by atoms with Gasteiger partial charge in [0, 0.05) is 12.7 Å². The van der Waals surface area contributed by atoms with Crippen molar-refractivity contribution >= 4 is 29.0 Å². The molecule has 3 rings (SSSR count). The molecule has 0 fully saturated rings. The lowest BCUT2D eigenvalue weighted by atomic mass is 10.0. The third kappa shape index (κ3) is 2.95. The zero-order valence-electron chi connectivity index (χ0n) is 14.9. The van der Waals surface area contributed by atoms with Crippen LogP contribution in [0.25, 0.3) is 10.8 Å². The van der Waals surface area contributed by atoms with Gasteiger partial charge in [0.15, 0.2) is 0 Å². The fourth-order valence-electron chi connectivity index (χ4n) is 3.29. The summed E-state index contributed by atoms with van der Waals surface area (Å²) in [5.41, 5.74) is 2.95. The first kappa shape index (κ1) is 17.6. The van der Waals surface area contributed by atoms with Crippen molar-refractivity contribution in [3.05, 3.63) is 76.9 Å². The summed E-state index contributed by atoms with van der Waals surface area (Å²) in [5, 5.41) is 2.32. The third-order valence-electron chi connectivity index (χ3n) is 4.50. The van der Waals surface area contributed by atoms with E-state index in [4.69, 9.17) is 4.52 Å². The minimum atomic E-state index is -3.72. The van der Waals surface area contributed by atoms with E-state index >= 15 is 0 Å². The summed E-state index contributed by atoms with van der Waals surface area (Å²) in [6, 6.07) is 16.6. The van der Waals surface area contributed by atoms with Gasteiger partial charge in [-0.25, -0.2) is 0 Å². The van der Waals surface area contributed by atoms with Crippen LogP contribution in [0, 0.1) is 20.8 Å². The van der Waals surface area contributed by atoms with Gasteiger partial charge in [0.05, 0.1) is 5.30 Å². The first-order valence-corrected chi connectivity index (χ1v) is 9.78. The molecule has 0 bridgehead atoms. The highest BCUT2D eigenvalue weighted by atomic mass is 31.2. The number of benzene rings is 3. The van der Waals surface area contributed by atoms with Crippen molar-refractivity contribution in [3.8, 4) is 0 Å². The van der Waals surface area contributed by atoms with Crippen LogP contribution < -0.4 is 5.30 Å². The quantitative estimate of drug-likeness (QED) is 0.610. The van der Waals surface area contributed by atoms with Crippen molar-refractivity contribution < 1.29 is 13.9 Å². The Morgan fingerprint density at radius 1 is 0.880 bits per heavy atom. The third-order valence-corrected chi connectivity index (χ3v) is 6.99. The molecule has 0 aromatic heterocycles. The molecule has 1 unspecified atom stereocenters. The molecule has 0 saturated carbocycles. The molecule has 0 radical (unpaired) electrons. The number of carbonyl (C=O) groups excluding carboxylic acids is 1. The number of hydrogen-bond donors (Lipinski definition) is 0. The summed E-state index contributed by atoms with van der Waals surface area (Å²) < 4.78 is 19.1. The Bertz CT molecular complexity index is 1010. The first-order chi connectivity index (χ1) is 11.9. The van der Waals surface area contributed by atoms with Gasteiger partial charge in [-0.2, -0.15) is 0 Å². The predicted molar refractivity (Wildman–Crippen MR) is 103 cm³/mol. The van der Waals surface area contributed by atoms with Crippen LogP contribution in [0.1, 0.15) is 27.0 Å². The fraction of sp³-hybridized carbons (Fsp3) is 0.190. The van der Waals surface area contributed by atoms with E-state index in [1.165, 1.54) is 7.11 Å². The molecule has 3 nitrogen and oxygen atoms in total. The van der Waals surface area contributed by atoms with Gasteiger partial charge < -0.3 is 4.52 Å². The van der Waals surface area contributed by atoms with Crippen molar-refractivity contribution in [1.29, 1.82) is 0 Å². The second-order valence-corrected chi connectivity index (χ2v) is 8.63. The zero-order valence-corrected chi connectivity index (χ0v) is 15.8. The topological polar surface area (TPSA) is 43.4 Å². The molecule has 3 aromatic rings. The monoisotopic (exact) mass is 352 g/mol. The first-order valence-electron chi connectivity index (χ1n) is 8.15. The van der Waals surface area contributed by atoms with Crippen LogP contribution in [-0.2, 0) is 9.09 Å². The Hall–Kier alpha value is -2.22. The van der Waals surface area contributed by atoms with Gasteiger partial charge in [-0.15, -0.1) is 0 Å². The lowest BCUT2D eigenvalue weighted by molar-refractivity contribution is 0.106. The Labute approximate surface area is 148 Å². The molecule has 25 heavy (non-hydrogen) atoms. The molecule has 1 atom stereocenters. The fourth-order valence-corrected chi connectivity index (χ4v) is 5.37. The summed E-state index contributed by atoms with van der Waals surface area (Å²) in [6.07, 6.45) is 0. The second kappa shape index (κ2) is 6.59. The number of hydrogen-bond acceptors (Lipinski definition) is 3. The number of rotatable bonds is 4. The van der Waals surface area contributed by atoms with Crippen LogP contribution in [0.5, 0.6) is 0 Å². The molecule has 0 amide bonds. The molecular formula is C21H21O3P. The summed E-state index contributed by atoms with van der Waals surface area (Å²) in [6.45, 7) is 5.92. The highest BCUT2D eigenvalue weighted by Gasteiger charge is 2.38. The van der Waals surface area contributed by atoms with E-state index in [1.807, 2.05) is 45.0 Å². The van der Waals surface area contributed by atoms with E-state index in [0.717, 1.165) is 27.5 Å². The van der Waals surface area contributed by atoms with Crippen LogP contribution >= 0.6 is 7.37 Å². The van der Waals surface area contributed by atoms with Gasteiger partial charge in [0.25, 0.3) is 5.52 Å². The average Bonchev–Trinajstić information content (AvgIpc) is 2.62. The van der Waals surface area contributed by atoms with E-state index in [1.54, 1.807) is 24.3 Å². The molecule has 0 heterocycles. The Morgan fingerprint density at radius 3 is 2.20 bits per heavy atom. The molecule has 0 spiro atoms. The highest BCUT2D eigenvalue weighted by Crippen LogP contribution is 2.51. The van der Waals surface area contributed by atoms with Gasteiger partial charge in [-0.1, -0.05) is 60.2 Å². The van der Waals surface area contributed by atoms with Crippen LogP contribution in [-0.4, -0.2) is 12.6 Å². The van der Waals surface area contributed by atoms with Gasteiger partial charge in [-0.05, 0) is 42.7 Å². The number of aryl methyl sites for hydroxylation is 3. The maximum absolute atomic E-state index is 13.7. The Kier molecular flexibility index (Phi) is 4.64. The summed E-state index contributed by atoms with van der Waals surface area (Å²) in [7, 11) is -2.37. The molecule has 4 heteroatoms. The minimum Gasteiger partial charge on any atom is -0.323 e. The highest BCUT2D eigenvalue weighted by molar-refractivity contribution is 7.84. The SMILES string of the molecule is COP(=O)(C(=O)c1ccccc1)c1c(C)cc(C)c2cc(C)ccc12. The van der Waals surface area contributed by atoms with Gasteiger partial charge in [0.1, 0.15) is 0 Å². The van der Waals surface area contributed by atoms with Crippen LogP contribution in [0.4, 0.5) is 0 Å². The normalized spacial score (nSPS) is 13.6. The number of carbonyl (C=O) groups is 1. The van der Waals surface area contributed by atoms with Crippen molar-refractivity contribution in [3.63, 3.8) is 0 Å². The van der Waals surface area contributed by atoms with E-state index in [-0.39, 0.29) is 0 Å². The molecule has 0 aliphatic rings. The minimum absolute atomic E-state index is 0.396. The lowest BCUT2D eigenvalue weighted by Crippen LogP contribution is -2.19. The standard InChI is InChI=1S/C21H21O3P/c1-14-10-11-18-19(12-14)15(2)13-16(3)20(18)25(23,24-4)21(22)17-8-6-5-7-9-17/h5-13H,1-4H3. The average molecular weight is 352 g/mol. The largest absolute Gasteiger partial charge is 0.323 e. The summed E-state index contributed by atoms with van der Waals surface area (Å²) >= 11 is 0. The maximum Gasteiger partial charge on any atom is 0.301 e. The summed E-state index contributed by atoms with van der Waals surface area (Å²) in [4.78, 5) is 13.1. The molecule has 0 aliphatic heterocycles. The van der Waals surface area contributed by atoms with Gasteiger partial charge in [0.2, 0.25) is 0 Å². The molecule has 128 valence electrons. The van der Waals surface area contributed by atoms with Crippen LogP contribution in [0.15, 0.2) is 54.6 Å². The number of fused-ring (bicyclic) bond motifs is 1. The van der Waals surface area contributed by atoms with Crippen LogP contribution in [0.3, 0.4) is 0 Å². The van der Waals surface area contributed by atoms with E-state index < -0.39 is 12.9 Å². The van der Waals surface area contributed by atoms with E-state index in [2.05, 4.69) is 6.07 Å². The Balaban J connectivity index is 2.33. The zero-order chi connectivity index (χ0) is 18.2. The lowest BCUT2D eigenvalue weighted by Gasteiger charge is -2.21. The Morgan fingerprint density at radius 2 is 1.56 bits per heavy atom. The molecule has 0 N–H and O–H groups in total. The summed E-state index contributed by atoms with van der Waals surface area (Å²) in [5.74, 6) is 0. The van der Waals surface area contributed by atoms with Gasteiger partial charge >= 0.3 is 7.37 Å². The van der Waals surface area contributed by atoms with E-state index in [9.17, 15) is 9.36 Å². The van der Waals surface area contributed by atoms with E-state index in [0.29, 0.717) is 10.9 Å². The second-order valence-electron chi connectivity index (χ2n) is 6.31. The maximum atomic E-state index is 13.7. The molecular weight excluding hydrogens is 331 g/mol. The smallest absolute Gasteiger partial charge is 0.301 e. The van der Waals surface area contributed by atoms with Crippen molar-refractivity contribution in [2.24, 2.45) is 0 Å². The predicted octanol–water partition coefficient (Wildman–Crippen LogP) is 5.16. The van der Waals surface area contributed by atoms with Crippen molar-refractivity contribution in [1.82, 2.24) is 0 Å². The van der Waals surface area contributed by atoms with Crippen molar-refractivity contribution in [2.75, 3.05) is 7.11 Å². The van der Waals surface area contributed by atoms with Gasteiger partial charge in [-0.3, -0.25) is 9.36 Å². The van der Waals surface area contributed by atoms with Crippen LogP contribution in [0.2, 0.25) is 0 Å². The van der Waals surface area contributed by atoms with Crippen molar-refractivity contribution in [2.45, 2.75) is 20.8 Å². The molecule has 0 saturated heterocycles. The molecule has 0 aliphatic carbocycles. The molecule has 3 aromatic carbocycles.